The largest absolute Gasteiger partial charge is 0.497 e. The molecular formula is C19H27NO5. The Bertz CT molecular complexity index is 566. The van der Waals surface area contributed by atoms with Gasteiger partial charge in [-0.15, -0.1) is 0 Å². The third-order valence-electron chi connectivity index (χ3n) is 5.26. The van der Waals surface area contributed by atoms with E-state index in [1.807, 2.05) is 17.0 Å². The summed E-state index contributed by atoms with van der Waals surface area (Å²) in [5.41, 5.74) is -0.222. The Kier molecular flexibility index (Phi) is 5.81. The lowest BCUT2D eigenvalue weighted by Gasteiger charge is -2.47. The van der Waals surface area contributed by atoms with Crippen LogP contribution in [0, 0.1) is 0 Å². The van der Waals surface area contributed by atoms with Crippen LogP contribution in [-0.2, 0) is 14.3 Å². The van der Waals surface area contributed by atoms with E-state index >= 15 is 0 Å². The predicted molar refractivity (Wildman–Crippen MR) is 93.0 cm³/mol. The maximum Gasteiger partial charge on any atom is 0.260 e. The van der Waals surface area contributed by atoms with Gasteiger partial charge in [0.2, 0.25) is 0 Å². The molecule has 1 amide bonds. The van der Waals surface area contributed by atoms with Crippen LogP contribution in [-0.4, -0.2) is 63.0 Å². The van der Waals surface area contributed by atoms with Crippen LogP contribution in [0.1, 0.15) is 25.7 Å². The van der Waals surface area contributed by atoms with Gasteiger partial charge in [-0.3, -0.25) is 4.79 Å². The number of carbonyl (C=O) groups is 1. The van der Waals surface area contributed by atoms with Crippen LogP contribution in [0.2, 0.25) is 0 Å². The minimum atomic E-state index is -0.222. The zero-order valence-electron chi connectivity index (χ0n) is 15.0. The van der Waals surface area contributed by atoms with Crippen molar-refractivity contribution in [2.75, 3.05) is 40.5 Å². The molecule has 138 valence electrons. The summed E-state index contributed by atoms with van der Waals surface area (Å²) in [6.07, 6.45) is 3.84. The first kappa shape index (κ1) is 18.0. The van der Waals surface area contributed by atoms with Crippen LogP contribution in [0.5, 0.6) is 11.5 Å². The third-order valence-corrected chi connectivity index (χ3v) is 5.26. The molecule has 1 aromatic carbocycles. The summed E-state index contributed by atoms with van der Waals surface area (Å²) in [6.45, 7) is 2.21. The quantitative estimate of drug-likeness (QED) is 0.816. The number of ether oxygens (including phenoxy) is 4. The van der Waals surface area contributed by atoms with Crippen molar-refractivity contribution in [3.8, 4) is 11.5 Å². The summed E-state index contributed by atoms with van der Waals surface area (Å²) in [7, 11) is 3.37. The van der Waals surface area contributed by atoms with Gasteiger partial charge in [-0.05, 0) is 49.9 Å². The van der Waals surface area contributed by atoms with Crippen molar-refractivity contribution in [1.29, 1.82) is 0 Å². The second kappa shape index (κ2) is 8.06. The summed E-state index contributed by atoms with van der Waals surface area (Å²) >= 11 is 0. The van der Waals surface area contributed by atoms with Gasteiger partial charge in [0, 0.05) is 26.8 Å². The predicted octanol–water partition coefficient (Wildman–Crippen LogP) is 2.26. The van der Waals surface area contributed by atoms with Gasteiger partial charge in [0.15, 0.2) is 6.61 Å². The topological polar surface area (TPSA) is 57.2 Å². The van der Waals surface area contributed by atoms with Gasteiger partial charge in [0.05, 0.1) is 18.8 Å². The summed E-state index contributed by atoms with van der Waals surface area (Å²) in [5, 5.41) is 0. The number of piperidine rings is 1. The summed E-state index contributed by atoms with van der Waals surface area (Å²) < 4.78 is 22.4. The fourth-order valence-corrected chi connectivity index (χ4v) is 3.74. The summed E-state index contributed by atoms with van der Waals surface area (Å²) in [5.74, 6) is 1.44. The molecule has 2 heterocycles. The maximum absolute atomic E-state index is 12.4. The van der Waals surface area contributed by atoms with Crippen molar-refractivity contribution in [3.63, 3.8) is 0 Å². The van der Waals surface area contributed by atoms with Crippen LogP contribution >= 0.6 is 0 Å². The highest BCUT2D eigenvalue weighted by Crippen LogP contribution is 2.36. The molecule has 0 bridgehead atoms. The Morgan fingerprint density at radius 3 is 2.52 bits per heavy atom. The van der Waals surface area contributed by atoms with Gasteiger partial charge in [-0.1, -0.05) is 0 Å². The van der Waals surface area contributed by atoms with E-state index in [-0.39, 0.29) is 24.2 Å². The number of rotatable bonds is 5. The Balaban J connectivity index is 1.49. The molecule has 6 heteroatoms. The van der Waals surface area contributed by atoms with E-state index in [4.69, 9.17) is 18.9 Å². The molecule has 0 saturated carbocycles. The Morgan fingerprint density at radius 1 is 1.20 bits per heavy atom. The number of benzene rings is 1. The van der Waals surface area contributed by atoms with Crippen molar-refractivity contribution >= 4 is 5.91 Å². The molecule has 2 aliphatic heterocycles. The first-order valence-electron chi connectivity index (χ1n) is 8.88. The fourth-order valence-electron chi connectivity index (χ4n) is 3.74. The van der Waals surface area contributed by atoms with Crippen molar-refractivity contribution in [3.05, 3.63) is 24.3 Å². The number of methoxy groups -OCH3 is 2. The van der Waals surface area contributed by atoms with Crippen molar-refractivity contribution in [1.82, 2.24) is 4.90 Å². The molecule has 6 nitrogen and oxygen atoms in total. The first-order valence-corrected chi connectivity index (χ1v) is 8.88. The van der Waals surface area contributed by atoms with Gasteiger partial charge in [-0.2, -0.15) is 0 Å². The lowest BCUT2D eigenvalue weighted by molar-refractivity contribution is -0.188. The van der Waals surface area contributed by atoms with E-state index in [0.717, 1.165) is 38.0 Å². The average molecular weight is 349 g/mol. The van der Waals surface area contributed by atoms with E-state index < -0.39 is 0 Å². The molecular weight excluding hydrogens is 322 g/mol. The Labute approximate surface area is 149 Å². The maximum atomic E-state index is 12.4. The monoisotopic (exact) mass is 349 g/mol. The number of carbonyl (C=O) groups excluding carboxylic acids is 1. The minimum Gasteiger partial charge on any atom is -0.497 e. The average Bonchev–Trinajstić information content (AvgIpc) is 2.67. The molecule has 0 aliphatic carbocycles. The lowest BCUT2D eigenvalue weighted by atomic mass is 9.82. The van der Waals surface area contributed by atoms with Crippen molar-refractivity contribution in [2.45, 2.75) is 37.4 Å². The minimum absolute atomic E-state index is 0.00967. The summed E-state index contributed by atoms with van der Waals surface area (Å²) in [4.78, 5) is 14.3. The highest BCUT2D eigenvalue weighted by molar-refractivity contribution is 5.77. The molecule has 1 atom stereocenters. The van der Waals surface area contributed by atoms with Crippen LogP contribution in [0.4, 0.5) is 0 Å². The van der Waals surface area contributed by atoms with E-state index in [1.165, 1.54) is 0 Å². The second-order valence-corrected chi connectivity index (χ2v) is 6.62. The molecule has 0 N–H and O–H groups in total. The molecule has 0 unspecified atom stereocenters. The SMILES string of the molecule is COc1ccc(OCC(=O)N2CCC3(CC2)OCCC[C@H]3OC)cc1. The van der Waals surface area contributed by atoms with E-state index in [9.17, 15) is 4.79 Å². The molecule has 3 rings (SSSR count). The number of amides is 1. The van der Waals surface area contributed by atoms with Gasteiger partial charge in [0.25, 0.3) is 5.91 Å². The van der Waals surface area contributed by atoms with Crippen LogP contribution in [0.25, 0.3) is 0 Å². The number of hydrogen-bond acceptors (Lipinski definition) is 5. The van der Waals surface area contributed by atoms with Crippen LogP contribution < -0.4 is 9.47 Å². The standard InChI is InChI=1S/C19H27NO5/c1-22-15-5-7-16(8-6-15)24-14-18(21)20-11-9-19(10-12-20)17(23-2)4-3-13-25-19/h5-8,17H,3-4,9-14H2,1-2H3/t17-/m1/s1. The normalized spacial score (nSPS) is 22.6. The van der Waals surface area contributed by atoms with Gasteiger partial charge < -0.3 is 23.8 Å². The zero-order chi connectivity index (χ0) is 17.7. The van der Waals surface area contributed by atoms with Crippen LogP contribution in [0.15, 0.2) is 24.3 Å². The fraction of sp³-hybridized carbons (Fsp3) is 0.632. The van der Waals surface area contributed by atoms with Crippen LogP contribution in [0.3, 0.4) is 0 Å². The van der Waals surface area contributed by atoms with E-state index in [0.29, 0.717) is 18.8 Å². The first-order chi connectivity index (χ1) is 12.2. The summed E-state index contributed by atoms with van der Waals surface area (Å²) in [6, 6.07) is 7.23. The number of likely N-dealkylation sites (tertiary alicyclic amines) is 1. The lowest BCUT2D eigenvalue weighted by Crippen LogP contribution is -2.57. The Hall–Kier alpha value is -1.79. The molecule has 1 spiro atoms. The molecule has 1 aromatic rings. The molecule has 25 heavy (non-hydrogen) atoms. The molecule has 2 aliphatic rings. The van der Waals surface area contributed by atoms with E-state index in [2.05, 4.69) is 0 Å². The van der Waals surface area contributed by atoms with Crippen molar-refractivity contribution < 1.29 is 23.7 Å². The zero-order valence-corrected chi connectivity index (χ0v) is 15.0. The number of nitrogens with zero attached hydrogens (tertiary/aromatic N) is 1. The van der Waals surface area contributed by atoms with Gasteiger partial charge in [0.1, 0.15) is 11.5 Å². The number of hydrogen-bond donors (Lipinski definition) is 0. The molecule has 0 aromatic heterocycles. The second-order valence-electron chi connectivity index (χ2n) is 6.62. The molecule has 2 saturated heterocycles. The highest BCUT2D eigenvalue weighted by Gasteiger charge is 2.45. The smallest absolute Gasteiger partial charge is 0.260 e. The molecule has 0 radical (unpaired) electrons. The van der Waals surface area contributed by atoms with Gasteiger partial charge in [-0.25, -0.2) is 0 Å². The third kappa shape index (κ3) is 4.07. The Morgan fingerprint density at radius 2 is 1.88 bits per heavy atom. The highest BCUT2D eigenvalue weighted by atomic mass is 16.5. The van der Waals surface area contributed by atoms with E-state index in [1.54, 1.807) is 26.4 Å². The molecule has 2 fully saturated rings. The van der Waals surface area contributed by atoms with Crippen molar-refractivity contribution in [2.24, 2.45) is 0 Å². The van der Waals surface area contributed by atoms with Gasteiger partial charge >= 0.3 is 0 Å².